The number of benzene rings is 2. The van der Waals surface area contributed by atoms with Crippen molar-refractivity contribution in [2.45, 2.75) is 6.92 Å². The number of carbonyl (C=O) groups is 2. The lowest BCUT2D eigenvalue weighted by Gasteiger charge is -2.13. The number of rotatable bonds is 6. The smallest absolute Gasteiger partial charge is 0.255 e. The highest BCUT2D eigenvalue weighted by Gasteiger charge is 2.16. The van der Waals surface area contributed by atoms with E-state index < -0.39 is 5.91 Å². The molecule has 0 unspecified atom stereocenters. The maximum atomic E-state index is 12.4. The Labute approximate surface area is 144 Å². The second kappa shape index (κ2) is 7.70. The molecule has 6 nitrogen and oxygen atoms in total. The monoisotopic (exact) mass is 348 g/mol. The summed E-state index contributed by atoms with van der Waals surface area (Å²) < 4.78 is 10.4. The Morgan fingerprint density at radius 2 is 1.88 bits per heavy atom. The first-order valence-electron chi connectivity index (χ1n) is 7.07. The first kappa shape index (κ1) is 17.6. The molecule has 0 heterocycles. The number of anilines is 1. The fraction of sp³-hybridized carbons (Fsp3) is 0.176. The second-order valence-corrected chi connectivity index (χ2v) is 5.47. The molecule has 0 atom stereocenters. The molecule has 2 aromatic carbocycles. The van der Waals surface area contributed by atoms with Gasteiger partial charge in [0.25, 0.3) is 11.8 Å². The Kier molecular flexibility index (Phi) is 5.65. The Bertz CT molecular complexity index is 760. The normalized spacial score (nSPS) is 10.1. The Balaban J connectivity index is 2.23. The number of primary amides is 1. The molecule has 126 valence electrons. The molecule has 2 rings (SSSR count). The van der Waals surface area contributed by atoms with Crippen molar-refractivity contribution in [2.24, 2.45) is 5.73 Å². The number of nitrogens with one attached hydrogen (secondary N) is 1. The molecular formula is C17H17ClN2O4. The van der Waals surface area contributed by atoms with Crippen molar-refractivity contribution in [3.05, 3.63) is 52.5 Å². The van der Waals surface area contributed by atoms with E-state index in [0.717, 1.165) is 5.56 Å². The summed E-state index contributed by atoms with van der Waals surface area (Å²) in [7, 11) is 1.41. The van der Waals surface area contributed by atoms with E-state index >= 15 is 0 Å². The summed E-state index contributed by atoms with van der Waals surface area (Å²) in [6.07, 6.45) is 0. The number of ether oxygens (including phenoxy) is 2. The van der Waals surface area contributed by atoms with Crippen molar-refractivity contribution in [1.82, 2.24) is 0 Å². The van der Waals surface area contributed by atoms with Gasteiger partial charge in [0.05, 0.1) is 12.1 Å². The molecule has 24 heavy (non-hydrogen) atoms. The predicted molar refractivity (Wildman–Crippen MR) is 91.8 cm³/mol. The van der Waals surface area contributed by atoms with Crippen molar-refractivity contribution in [1.29, 1.82) is 0 Å². The summed E-state index contributed by atoms with van der Waals surface area (Å²) in [6.45, 7) is 1.62. The minimum absolute atomic E-state index is 0.143. The third-order valence-electron chi connectivity index (χ3n) is 3.16. The van der Waals surface area contributed by atoms with E-state index in [2.05, 4.69) is 5.32 Å². The number of methoxy groups -OCH3 is 1. The summed E-state index contributed by atoms with van der Waals surface area (Å²) in [5.41, 5.74) is 7.09. The number of carbonyl (C=O) groups excluding carboxylic acids is 2. The number of nitrogens with two attached hydrogens (primary N) is 1. The molecule has 0 bridgehead atoms. The van der Waals surface area contributed by atoms with Crippen LogP contribution in [0.25, 0.3) is 0 Å². The number of amides is 2. The summed E-state index contributed by atoms with van der Waals surface area (Å²) in [4.78, 5) is 23.2. The van der Waals surface area contributed by atoms with Crippen molar-refractivity contribution in [3.63, 3.8) is 0 Å². The average Bonchev–Trinajstić information content (AvgIpc) is 2.54. The summed E-state index contributed by atoms with van der Waals surface area (Å²) >= 11 is 6.13. The third-order valence-corrected chi connectivity index (χ3v) is 3.44. The number of aryl methyl sites for hydroxylation is 1. The SMILES string of the molecule is COc1cc(C(=O)Nc2ccc(C)cc2)cc(Cl)c1OCC(N)=O. The van der Waals surface area contributed by atoms with Crippen LogP contribution >= 0.6 is 11.6 Å². The first-order chi connectivity index (χ1) is 11.4. The molecule has 0 radical (unpaired) electrons. The van der Waals surface area contributed by atoms with Crippen molar-refractivity contribution in [3.8, 4) is 11.5 Å². The molecule has 3 N–H and O–H groups in total. The van der Waals surface area contributed by atoms with Gasteiger partial charge in [-0.2, -0.15) is 0 Å². The lowest BCUT2D eigenvalue weighted by atomic mass is 10.1. The van der Waals surface area contributed by atoms with Crippen molar-refractivity contribution < 1.29 is 19.1 Å². The zero-order chi connectivity index (χ0) is 17.7. The van der Waals surface area contributed by atoms with Gasteiger partial charge < -0.3 is 20.5 Å². The van der Waals surface area contributed by atoms with E-state index in [1.165, 1.54) is 19.2 Å². The molecule has 2 aromatic rings. The second-order valence-electron chi connectivity index (χ2n) is 5.06. The predicted octanol–water partition coefficient (Wildman–Crippen LogP) is 2.77. The van der Waals surface area contributed by atoms with Gasteiger partial charge in [0.15, 0.2) is 18.1 Å². The Morgan fingerprint density at radius 1 is 1.21 bits per heavy atom. The van der Waals surface area contributed by atoms with E-state index in [4.69, 9.17) is 26.8 Å². The Hall–Kier alpha value is -2.73. The van der Waals surface area contributed by atoms with Crippen LogP contribution in [-0.4, -0.2) is 25.5 Å². The molecule has 0 saturated heterocycles. The van der Waals surface area contributed by atoms with E-state index in [1.807, 2.05) is 19.1 Å². The molecule has 0 aromatic heterocycles. The van der Waals surface area contributed by atoms with Crippen LogP contribution in [0, 0.1) is 6.92 Å². The molecule has 0 aliphatic carbocycles. The van der Waals surface area contributed by atoms with E-state index in [0.29, 0.717) is 11.3 Å². The maximum absolute atomic E-state index is 12.4. The van der Waals surface area contributed by atoms with Gasteiger partial charge >= 0.3 is 0 Å². The molecule has 7 heteroatoms. The maximum Gasteiger partial charge on any atom is 0.255 e. The van der Waals surface area contributed by atoms with Crippen LogP contribution in [0.15, 0.2) is 36.4 Å². The van der Waals surface area contributed by atoms with Crippen LogP contribution in [0.3, 0.4) is 0 Å². The average molecular weight is 349 g/mol. The topological polar surface area (TPSA) is 90.7 Å². The molecule has 2 amide bonds. The number of halogens is 1. The standard InChI is InChI=1S/C17H17ClN2O4/c1-10-3-5-12(6-4-10)20-17(22)11-7-13(18)16(14(8-11)23-2)24-9-15(19)21/h3-8H,9H2,1-2H3,(H2,19,21)(H,20,22). The van der Waals surface area contributed by atoms with Crippen LogP contribution in [0.1, 0.15) is 15.9 Å². The van der Waals surface area contributed by atoms with Gasteiger partial charge in [-0.05, 0) is 31.2 Å². The number of hydrogen-bond donors (Lipinski definition) is 2. The van der Waals surface area contributed by atoms with Crippen LogP contribution < -0.4 is 20.5 Å². The number of hydrogen-bond acceptors (Lipinski definition) is 4. The lowest BCUT2D eigenvalue weighted by molar-refractivity contribution is -0.119. The molecule has 0 fully saturated rings. The first-order valence-corrected chi connectivity index (χ1v) is 7.45. The fourth-order valence-electron chi connectivity index (χ4n) is 1.97. The summed E-state index contributed by atoms with van der Waals surface area (Å²) in [5.74, 6) is -0.600. The molecule has 0 spiro atoms. The molecule has 0 saturated carbocycles. The van der Waals surface area contributed by atoms with E-state index in [9.17, 15) is 9.59 Å². The zero-order valence-electron chi connectivity index (χ0n) is 13.3. The van der Waals surface area contributed by atoms with Gasteiger partial charge in [0.1, 0.15) is 0 Å². The molecular weight excluding hydrogens is 332 g/mol. The van der Waals surface area contributed by atoms with Crippen LogP contribution in [-0.2, 0) is 4.79 Å². The summed E-state index contributed by atoms with van der Waals surface area (Å²) in [6, 6.07) is 10.3. The summed E-state index contributed by atoms with van der Waals surface area (Å²) in [5, 5.41) is 2.91. The van der Waals surface area contributed by atoms with Crippen LogP contribution in [0.5, 0.6) is 11.5 Å². The van der Waals surface area contributed by atoms with Gasteiger partial charge in [-0.25, -0.2) is 0 Å². The molecule has 0 aliphatic heterocycles. The minimum Gasteiger partial charge on any atom is -0.493 e. The largest absolute Gasteiger partial charge is 0.493 e. The quantitative estimate of drug-likeness (QED) is 0.839. The van der Waals surface area contributed by atoms with Gasteiger partial charge in [-0.3, -0.25) is 9.59 Å². The van der Waals surface area contributed by atoms with Crippen LogP contribution in [0.2, 0.25) is 5.02 Å². The fourth-order valence-corrected chi connectivity index (χ4v) is 2.24. The van der Waals surface area contributed by atoms with Gasteiger partial charge in [-0.15, -0.1) is 0 Å². The lowest BCUT2D eigenvalue weighted by Crippen LogP contribution is -2.20. The minimum atomic E-state index is -0.644. The Morgan fingerprint density at radius 3 is 2.46 bits per heavy atom. The highest BCUT2D eigenvalue weighted by atomic mass is 35.5. The van der Waals surface area contributed by atoms with Crippen molar-refractivity contribution >= 4 is 29.1 Å². The van der Waals surface area contributed by atoms with Gasteiger partial charge in [0.2, 0.25) is 0 Å². The van der Waals surface area contributed by atoms with Crippen LogP contribution in [0.4, 0.5) is 5.69 Å². The zero-order valence-corrected chi connectivity index (χ0v) is 14.0. The van der Waals surface area contributed by atoms with E-state index in [1.54, 1.807) is 12.1 Å². The molecule has 0 aliphatic rings. The van der Waals surface area contributed by atoms with Crippen molar-refractivity contribution in [2.75, 3.05) is 19.0 Å². The highest BCUT2D eigenvalue weighted by molar-refractivity contribution is 6.32. The van der Waals surface area contributed by atoms with E-state index in [-0.39, 0.29) is 29.0 Å². The highest BCUT2D eigenvalue weighted by Crippen LogP contribution is 2.36. The van der Waals surface area contributed by atoms with Gasteiger partial charge in [-0.1, -0.05) is 29.3 Å². The third kappa shape index (κ3) is 4.39. The van der Waals surface area contributed by atoms with Gasteiger partial charge in [0, 0.05) is 11.3 Å².